The zero-order chi connectivity index (χ0) is 12.4. The molecule has 18 heavy (non-hydrogen) atoms. The third kappa shape index (κ3) is 2.53. The fourth-order valence-corrected chi connectivity index (χ4v) is 3.62. The van der Waals surface area contributed by atoms with Gasteiger partial charge in [-0.05, 0) is 25.2 Å². The molecule has 98 valence electrons. The van der Waals surface area contributed by atoms with Crippen molar-refractivity contribution in [2.24, 2.45) is 5.92 Å². The Bertz CT molecular complexity index is 439. The molecule has 1 fully saturated rings. The number of rotatable bonds is 3. The molecule has 1 aliphatic heterocycles. The summed E-state index contributed by atoms with van der Waals surface area (Å²) in [7, 11) is 0. The van der Waals surface area contributed by atoms with Crippen LogP contribution in [0.25, 0.3) is 0 Å². The van der Waals surface area contributed by atoms with E-state index < -0.39 is 0 Å². The van der Waals surface area contributed by atoms with Gasteiger partial charge in [-0.3, -0.25) is 14.7 Å². The smallest absolute Gasteiger partial charge is 0.231 e. The molecule has 0 aromatic carbocycles. The summed E-state index contributed by atoms with van der Waals surface area (Å²) in [5.41, 5.74) is 0. The Labute approximate surface area is 111 Å². The number of hydrogen-bond donors (Lipinski definition) is 1. The second-order valence-electron chi connectivity index (χ2n) is 5.06. The second-order valence-corrected chi connectivity index (χ2v) is 6.12. The van der Waals surface area contributed by atoms with Crippen LogP contribution in [0.2, 0.25) is 0 Å². The summed E-state index contributed by atoms with van der Waals surface area (Å²) in [6.45, 7) is 0.911. The molecule has 1 aromatic heterocycles. The average molecular weight is 266 g/mol. The molecule has 1 saturated carbocycles. The first-order chi connectivity index (χ1) is 8.83. The van der Waals surface area contributed by atoms with Gasteiger partial charge in [0.2, 0.25) is 11.9 Å². The van der Waals surface area contributed by atoms with Crippen LogP contribution in [0, 0.1) is 5.92 Å². The van der Waals surface area contributed by atoms with Gasteiger partial charge in [-0.1, -0.05) is 24.6 Å². The number of amides is 1. The minimum absolute atomic E-state index is 0.0904. The van der Waals surface area contributed by atoms with Gasteiger partial charge in [-0.25, -0.2) is 0 Å². The van der Waals surface area contributed by atoms with Crippen molar-refractivity contribution < 1.29 is 4.79 Å². The van der Waals surface area contributed by atoms with E-state index in [-0.39, 0.29) is 5.91 Å². The van der Waals surface area contributed by atoms with Crippen molar-refractivity contribution in [2.75, 3.05) is 11.1 Å². The summed E-state index contributed by atoms with van der Waals surface area (Å²) in [6.07, 6.45) is 6.68. The van der Waals surface area contributed by atoms with Crippen molar-refractivity contribution >= 4 is 23.6 Å². The summed E-state index contributed by atoms with van der Waals surface area (Å²) in [5.74, 6) is 2.38. The van der Waals surface area contributed by atoms with Gasteiger partial charge < -0.3 is 0 Å². The van der Waals surface area contributed by atoms with Gasteiger partial charge >= 0.3 is 0 Å². The van der Waals surface area contributed by atoms with Gasteiger partial charge in [-0.2, -0.15) is 0 Å². The zero-order valence-electron chi connectivity index (χ0n) is 10.4. The third-order valence-electron chi connectivity index (χ3n) is 3.67. The van der Waals surface area contributed by atoms with Crippen LogP contribution in [0.15, 0.2) is 5.16 Å². The summed E-state index contributed by atoms with van der Waals surface area (Å²) < 4.78 is 2.01. The normalized spacial score (nSPS) is 19.8. The Hall–Kier alpha value is -1.04. The Morgan fingerprint density at radius 2 is 2.17 bits per heavy atom. The van der Waals surface area contributed by atoms with E-state index in [4.69, 9.17) is 0 Å². The van der Waals surface area contributed by atoms with E-state index in [9.17, 15) is 4.79 Å². The van der Waals surface area contributed by atoms with Crippen LogP contribution in [-0.2, 0) is 11.3 Å². The molecular weight excluding hydrogens is 248 g/mol. The molecule has 2 heterocycles. The summed E-state index contributed by atoms with van der Waals surface area (Å²) in [6, 6.07) is 0. The van der Waals surface area contributed by atoms with Crippen molar-refractivity contribution in [3.8, 4) is 0 Å². The summed E-state index contributed by atoms with van der Waals surface area (Å²) in [5, 5.41) is 12.0. The molecule has 0 saturated heterocycles. The SMILES string of the molecule is O=C(CC1CCCC1)Nc1nnc2n1CCCS2. The molecule has 2 aliphatic rings. The quantitative estimate of drug-likeness (QED) is 0.912. The lowest BCUT2D eigenvalue weighted by Gasteiger charge is -2.14. The second kappa shape index (κ2) is 5.30. The minimum atomic E-state index is 0.0904. The average Bonchev–Trinajstić information content (AvgIpc) is 3.00. The number of fused-ring (bicyclic) bond motifs is 1. The van der Waals surface area contributed by atoms with E-state index in [1.54, 1.807) is 11.8 Å². The molecule has 5 nitrogen and oxygen atoms in total. The zero-order valence-corrected chi connectivity index (χ0v) is 11.2. The molecule has 1 aliphatic carbocycles. The van der Waals surface area contributed by atoms with Crippen molar-refractivity contribution in [1.82, 2.24) is 14.8 Å². The van der Waals surface area contributed by atoms with Gasteiger partial charge in [-0.15, -0.1) is 10.2 Å². The fourth-order valence-electron chi connectivity index (χ4n) is 2.73. The van der Waals surface area contributed by atoms with Crippen molar-refractivity contribution in [2.45, 2.75) is 50.2 Å². The number of carbonyl (C=O) groups excluding carboxylic acids is 1. The highest BCUT2D eigenvalue weighted by Crippen LogP contribution is 2.28. The number of carbonyl (C=O) groups is 1. The van der Waals surface area contributed by atoms with Crippen LogP contribution < -0.4 is 5.32 Å². The number of hydrogen-bond acceptors (Lipinski definition) is 4. The third-order valence-corrected chi connectivity index (χ3v) is 4.73. The van der Waals surface area contributed by atoms with Crippen LogP contribution in [-0.4, -0.2) is 26.4 Å². The number of nitrogens with one attached hydrogen (secondary N) is 1. The summed E-state index contributed by atoms with van der Waals surface area (Å²) >= 11 is 1.71. The standard InChI is InChI=1S/C12H18N4OS/c17-10(8-9-4-1-2-5-9)13-11-14-15-12-16(11)6-3-7-18-12/h9H,1-8H2,(H,13,14,17). The molecular formula is C12H18N4OS. The highest BCUT2D eigenvalue weighted by Gasteiger charge is 2.21. The predicted molar refractivity (Wildman–Crippen MR) is 70.6 cm³/mol. The maximum Gasteiger partial charge on any atom is 0.231 e. The predicted octanol–water partition coefficient (Wildman–Crippen LogP) is 2.29. The Morgan fingerprint density at radius 1 is 1.33 bits per heavy atom. The number of nitrogens with zero attached hydrogens (tertiary/aromatic N) is 3. The Balaban J connectivity index is 1.61. The molecule has 0 atom stereocenters. The fraction of sp³-hybridized carbons (Fsp3) is 0.750. The van der Waals surface area contributed by atoms with E-state index in [1.165, 1.54) is 25.7 Å². The van der Waals surface area contributed by atoms with Gasteiger partial charge in [0, 0.05) is 18.7 Å². The Kier molecular flexibility index (Phi) is 3.54. The lowest BCUT2D eigenvalue weighted by molar-refractivity contribution is -0.117. The first kappa shape index (κ1) is 12.0. The highest BCUT2D eigenvalue weighted by molar-refractivity contribution is 7.99. The van der Waals surface area contributed by atoms with E-state index in [1.807, 2.05) is 4.57 Å². The van der Waals surface area contributed by atoms with Crippen molar-refractivity contribution in [3.05, 3.63) is 0 Å². The minimum Gasteiger partial charge on any atom is -0.295 e. The van der Waals surface area contributed by atoms with Crippen LogP contribution in [0.5, 0.6) is 0 Å². The topological polar surface area (TPSA) is 59.8 Å². The first-order valence-electron chi connectivity index (χ1n) is 6.69. The van der Waals surface area contributed by atoms with Crippen molar-refractivity contribution in [1.29, 1.82) is 0 Å². The van der Waals surface area contributed by atoms with Crippen LogP contribution in [0.3, 0.4) is 0 Å². The number of thioether (sulfide) groups is 1. The molecule has 1 N–H and O–H groups in total. The molecule has 0 unspecified atom stereocenters. The molecule has 1 amide bonds. The van der Waals surface area contributed by atoms with Crippen LogP contribution >= 0.6 is 11.8 Å². The van der Waals surface area contributed by atoms with E-state index in [0.29, 0.717) is 18.3 Å². The van der Waals surface area contributed by atoms with E-state index in [0.717, 1.165) is 23.9 Å². The van der Waals surface area contributed by atoms with Crippen LogP contribution in [0.1, 0.15) is 38.5 Å². The van der Waals surface area contributed by atoms with Crippen molar-refractivity contribution in [3.63, 3.8) is 0 Å². The largest absolute Gasteiger partial charge is 0.295 e. The Morgan fingerprint density at radius 3 is 3.00 bits per heavy atom. The maximum atomic E-state index is 12.0. The van der Waals surface area contributed by atoms with Gasteiger partial charge in [0.25, 0.3) is 0 Å². The maximum absolute atomic E-state index is 12.0. The molecule has 0 radical (unpaired) electrons. The lowest BCUT2D eigenvalue weighted by Crippen LogP contribution is -2.19. The lowest BCUT2D eigenvalue weighted by atomic mass is 10.0. The van der Waals surface area contributed by atoms with Gasteiger partial charge in [0.15, 0.2) is 5.16 Å². The highest BCUT2D eigenvalue weighted by atomic mass is 32.2. The number of anilines is 1. The number of aromatic nitrogens is 3. The van der Waals surface area contributed by atoms with E-state index >= 15 is 0 Å². The van der Waals surface area contributed by atoms with E-state index in [2.05, 4.69) is 15.5 Å². The van der Waals surface area contributed by atoms with Gasteiger partial charge in [0.1, 0.15) is 0 Å². The molecule has 1 aromatic rings. The first-order valence-corrected chi connectivity index (χ1v) is 7.67. The molecule has 6 heteroatoms. The van der Waals surface area contributed by atoms with Crippen LogP contribution in [0.4, 0.5) is 5.95 Å². The monoisotopic (exact) mass is 266 g/mol. The molecule has 0 spiro atoms. The molecule has 0 bridgehead atoms. The summed E-state index contributed by atoms with van der Waals surface area (Å²) in [4.78, 5) is 12.0. The van der Waals surface area contributed by atoms with Gasteiger partial charge in [0.05, 0.1) is 0 Å². The molecule has 3 rings (SSSR count).